The first-order valence-electron chi connectivity index (χ1n) is 10.6. The van der Waals surface area contributed by atoms with Gasteiger partial charge in [-0.1, -0.05) is 54.1 Å². The van der Waals surface area contributed by atoms with Crippen molar-refractivity contribution in [3.63, 3.8) is 0 Å². The Kier molecular flexibility index (Phi) is 6.93. The molecule has 1 aliphatic heterocycles. The summed E-state index contributed by atoms with van der Waals surface area (Å²) in [7, 11) is -3.64. The number of anilines is 1. The summed E-state index contributed by atoms with van der Waals surface area (Å²) in [4.78, 5) is 26.0. The topological polar surface area (TPSA) is 83.6 Å². The number of nitrogens with one attached hydrogen (secondary N) is 1. The fourth-order valence-corrected chi connectivity index (χ4v) is 5.48. The van der Waals surface area contributed by atoms with Crippen LogP contribution in [0.1, 0.15) is 28.8 Å². The summed E-state index contributed by atoms with van der Waals surface area (Å²) >= 11 is 5.86. The molecule has 33 heavy (non-hydrogen) atoms. The van der Waals surface area contributed by atoms with E-state index in [4.69, 9.17) is 11.6 Å². The molecule has 1 heterocycles. The van der Waals surface area contributed by atoms with Crippen molar-refractivity contribution in [3.8, 4) is 0 Å². The second-order valence-electron chi connectivity index (χ2n) is 7.86. The lowest BCUT2D eigenvalue weighted by molar-refractivity contribution is -0.120. The fourth-order valence-electron chi connectivity index (χ4n) is 3.88. The van der Waals surface area contributed by atoms with E-state index in [1.807, 2.05) is 6.07 Å². The summed E-state index contributed by atoms with van der Waals surface area (Å²) in [5.41, 5.74) is 1.41. The van der Waals surface area contributed by atoms with Gasteiger partial charge in [0.1, 0.15) is 0 Å². The number of benzene rings is 3. The molecular weight excluding hydrogens is 460 g/mol. The lowest BCUT2D eigenvalue weighted by atomic mass is 9.96. The summed E-state index contributed by atoms with van der Waals surface area (Å²) < 4.78 is 27.1. The van der Waals surface area contributed by atoms with Gasteiger partial charge in [0, 0.05) is 35.2 Å². The molecule has 170 valence electrons. The van der Waals surface area contributed by atoms with E-state index in [0.717, 1.165) is 0 Å². The summed E-state index contributed by atoms with van der Waals surface area (Å²) in [6.07, 6.45) is 0.793. The molecule has 3 aromatic rings. The molecule has 0 radical (unpaired) electrons. The highest BCUT2D eigenvalue weighted by Gasteiger charge is 2.32. The number of rotatable bonds is 6. The van der Waals surface area contributed by atoms with E-state index < -0.39 is 10.0 Å². The van der Waals surface area contributed by atoms with E-state index in [9.17, 15) is 18.0 Å². The minimum atomic E-state index is -3.64. The van der Waals surface area contributed by atoms with Crippen LogP contribution in [0.3, 0.4) is 0 Å². The third-order valence-electron chi connectivity index (χ3n) is 5.74. The van der Waals surface area contributed by atoms with Gasteiger partial charge in [-0.2, -0.15) is 4.31 Å². The van der Waals surface area contributed by atoms with Crippen molar-refractivity contribution < 1.29 is 18.0 Å². The van der Waals surface area contributed by atoms with Gasteiger partial charge in [0.15, 0.2) is 5.78 Å². The molecule has 3 aromatic carbocycles. The minimum absolute atomic E-state index is 0.171. The molecule has 8 heteroatoms. The molecule has 1 amide bonds. The van der Waals surface area contributed by atoms with E-state index in [1.54, 1.807) is 60.7 Å². The third kappa shape index (κ3) is 5.16. The van der Waals surface area contributed by atoms with E-state index in [1.165, 1.54) is 16.4 Å². The van der Waals surface area contributed by atoms with Crippen molar-refractivity contribution in [2.24, 2.45) is 5.92 Å². The van der Waals surface area contributed by atoms with E-state index >= 15 is 0 Å². The highest BCUT2D eigenvalue weighted by Crippen LogP contribution is 2.27. The average molecular weight is 483 g/mol. The summed E-state index contributed by atoms with van der Waals surface area (Å²) in [5, 5.41) is 3.35. The van der Waals surface area contributed by atoms with Gasteiger partial charge in [0.05, 0.1) is 10.6 Å². The molecule has 0 saturated carbocycles. The second-order valence-corrected chi connectivity index (χ2v) is 10.2. The zero-order valence-corrected chi connectivity index (χ0v) is 19.4. The monoisotopic (exact) mass is 482 g/mol. The first kappa shape index (κ1) is 23.2. The summed E-state index contributed by atoms with van der Waals surface area (Å²) in [6, 6.07) is 21.9. The van der Waals surface area contributed by atoms with Crippen molar-refractivity contribution in [2.45, 2.75) is 17.7 Å². The van der Waals surface area contributed by atoms with Gasteiger partial charge in [-0.3, -0.25) is 9.59 Å². The van der Waals surface area contributed by atoms with Gasteiger partial charge in [-0.15, -0.1) is 0 Å². The van der Waals surface area contributed by atoms with Crippen LogP contribution in [-0.4, -0.2) is 37.5 Å². The number of piperidine rings is 1. The van der Waals surface area contributed by atoms with E-state index in [-0.39, 0.29) is 35.6 Å². The van der Waals surface area contributed by atoms with Crippen LogP contribution in [-0.2, 0) is 14.8 Å². The quantitative estimate of drug-likeness (QED) is 0.520. The molecule has 4 rings (SSSR count). The number of amides is 1. The zero-order valence-electron chi connectivity index (χ0n) is 17.8. The number of sulfonamides is 1. The second kappa shape index (κ2) is 9.87. The molecule has 1 aliphatic rings. The zero-order chi connectivity index (χ0) is 23.4. The normalized spacial score (nSPS) is 15.2. The number of carbonyl (C=O) groups is 2. The Hall–Kier alpha value is -3.00. The Labute approximate surface area is 198 Å². The van der Waals surface area contributed by atoms with Crippen LogP contribution < -0.4 is 5.32 Å². The predicted octanol–water partition coefficient (Wildman–Crippen LogP) is 4.61. The SMILES string of the molecule is O=C(c1ccccc1)c1ccccc1NC(=O)C1CCN(S(=O)(=O)c2ccc(Cl)cc2)CC1. The van der Waals surface area contributed by atoms with Crippen LogP contribution in [0.2, 0.25) is 5.02 Å². The number of para-hydroxylation sites is 1. The molecule has 0 atom stereocenters. The third-order valence-corrected chi connectivity index (χ3v) is 7.91. The first-order chi connectivity index (χ1) is 15.9. The van der Waals surface area contributed by atoms with Gasteiger partial charge < -0.3 is 5.32 Å². The maximum Gasteiger partial charge on any atom is 0.243 e. The van der Waals surface area contributed by atoms with Gasteiger partial charge in [-0.05, 0) is 49.2 Å². The van der Waals surface area contributed by atoms with Gasteiger partial charge in [0.2, 0.25) is 15.9 Å². The number of nitrogens with zero attached hydrogens (tertiary/aromatic N) is 1. The van der Waals surface area contributed by atoms with E-state index in [0.29, 0.717) is 34.7 Å². The molecule has 0 aliphatic carbocycles. The van der Waals surface area contributed by atoms with Gasteiger partial charge >= 0.3 is 0 Å². The van der Waals surface area contributed by atoms with Crippen LogP contribution in [0.5, 0.6) is 0 Å². The lowest BCUT2D eigenvalue weighted by Gasteiger charge is -2.30. The fraction of sp³-hybridized carbons (Fsp3) is 0.200. The highest BCUT2D eigenvalue weighted by atomic mass is 35.5. The van der Waals surface area contributed by atoms with Crippen molar-refractivity contribution in [1.82, 2.24) is 4.31 Å². The Morgan fingerprint density at radius 3 is 2.12 bits per heavy atom. The van der Waals surface area contributed by atoms with Crippen molar-refractivity contribution in [2.75, 3.05) is 18.4 Å². The minimum Gasteiger partial charge on any atom is -0.325 e. The smallest absolute Gasteiger partial charge is 0.243 e. The maximum atomic E-state index is 12.9. The Morgan fingerprint density at radius 2 is 1.45 bits per heavy atom. The van der Waals surface area contributed by atoms with Crippen molar-refractivity contribution in [1.29, 1.82) is 0 Å². The molecular formula is C25H23ClN2O4S. The van der Waals surface area contributed by atoms with Crippen LogP contribution >= 0.6 is 11.6 Å². The molecule has 6 nitrogen and oxygen atoms in total. The standard InChI is InChI=1S/C25H23ClN2O4S/c26-20-10-12-21(13-11-20)33(31,32)28-16-14-19(15-17-28)25(30)27-23-9-5-4-8-22(23)24(29)18-6-2-1-3-7-18/h1-13,19H,14-17H2,(H,27,30). The average Bonchev–Trinajstić information content (AvgIpc) is 2.85. The molecule has 1 N–H and O–H groups in total. The Bertz CT molecular complexity index is 1250. The summed E-state index contributed by atoms with van der Waals surface area (Å²) in [5.74, 6) is -0.733. The summed E-state index contributed by atoms with van der Waals surface area (Å²) in [6.45, 7) is 0.487. The lowest BCUT2D eigenvalue weighted by Crippen LogP contribution is -2.41. The first-order valence-corrected chi connectivity index (χ1v) is 12.4. The molecule has 0 spiro atoms. The van der Waals surface area contributed by atoms with Gasteiger partial charge in [-0.25, -0.2) is 8.42 Å². The highest BCUT2D eigenvalue weighted by molar-refractivity contribution is 7.89. The predicted molar refractivity (Wildman–Crippen MR) is 128 cm³/mol. The number of hydrogen-bond acceptors (Lipinski definition) is 4. The van der Waals surface area contributed by atoms with Crippen LogP contribution in [0.4, 0.5) is 5.69 Å². The molecule has 1 saturated heterocycles. The maximum absolute atomic E-state index is 12.9. The van der Waals surface area contributed by atoms with Crippen LogP contribution in [0.15, 0.2) is 83.8 Å². The number of ketones is 1. The van der Waals surface area contributed by atoms with Crippen LogP contribution in [0, 0.1) is 5.92 Å². The molecule has 1 fully saturated rings. The Balaban J connectivity index is 1.42. The van der Waals surface area contributed by atoms with Crippen LogP contribution in [0.25, 0.3) is 0 Å². The molecule has 0 aromatic heterocycles. The van der Waals surface area contributed by atoms with E-state index in [2.05, 4.69) is 5.32 Å². The molecule has 0 bridgehead atoms. The molecule has 0 unspecified atom stereocenters. The Morgan fingerprint density at radius 1 is 0.848 bits per heavy atom. The van der Waals surface area contributed by atoms with Crippen molar-refractivity contribution >= 4 is 39.0 Å². The number of hydrogen-bond donors (Lipinski definition) is 1. The number of carbonyl (C=O) groups excluding carboxylic acids is 2. The van der Waals surface area contributed by atoms with Crippen molar-refractivity contribution in [3.05, 3.63) is 95.0 Å². The largest absolute Gasteiger partial charge is 0.325 e. The van der Waals surface area contributed by atoms with Gasteiger partial charge in [0.25, 0.3) is 0 Å². The number of halogens is 1.